The number of ether oxygens (including phenoxy) is 1. The van der Waals surface area contributed by atoms with Crippen LogP contribution in [-0.2, 0) is 0 Å². The first-order valence-electron chi connectivity index (χ1n) is 5.91. The second-order valence-electron chi connectivity index (χ2n) is 4.46. The Morgan fingerprint density at radius 1 is 1.47 bits per heavy atom. The third kappa shape index (κ3) is 2.37. The van der Waals surface area contributed by atoms with E-state index in [1.807, 2.05) is 18.2 Å². The van der Waals surface area contributed by atoms with E-state index in [1.165, 1.54) is 0 Å². The summed E-state index contributed by atoms with van der Waals surface area (Å²) >= 11 is 0. The van der Waals surface area contributed by atoms with Gasteiger partial charge < -0.3 is 19.8 Å². The number of anilines is 1. The van der Waals surface area contributed by atoms with Gasteiger partial charge in [-0.05, 0) is 25.5 Å². The molecule has 17 heavy (non-hydrogen) atoms. The maximum Gasteiger partial charge on any atom is 0.126 e. The van der Waals surface area contributed by atoms with Gasteiger partial charge in [0.15, 0.2) is 0 Å². The van der Waals surface area contributed by atoms with E-state index in [9.17, 15) is 10.2 Å². The molecule has 0 aliphatic carbocycles. The highest BCUT2D eigenvalue weighted by Gasteiger charge is 2.25. The molecule has 0 spiro atoms. The van der Waals surface area contributed by atoms with E-state index in [0.717, 1.165) is 24.2 Å². The molecule has 1 aromatic rings. The normalized spacial score (nSPS) is 21.6. The van der Waals surface area contributed by atoms with Crippen LogP contribution in [0.1, 0.15) is 25.0 Å². The molecule has 1 unspecified atom stereocenters. The van der Waals surface area contributed by atoms with Gasteiger partial charge in [-0.2, -0.15) is 0 Å². The highest BCUT2D eigenvalue weighted by atomic mass is 16.5. The largest absolute Gasteiger partial charge is 0.496 e. The molecule has 2 rings (SSSR count). The molecule has 0 radical (unpaired) electrons. The second-order valence-corrected chi connectivity index (χ2v) is 4.46. The molecule has 0 bridgehead atoms. The smallest absolute Gasteiger partial charge is 0.126 e. The molecule has 4 heteroatoms. The van der Waals surface area contributed by atoms with Crippen molar-refractivity contribution in [2.24, 2.45) is 0 Å². The van der Waals surface area contributed by atoms with E-state index < -0.39 is 6.10 Å². The van der Waals surface area contributed by atoms with Crippen LogP contribution in [0, 0.1) is 0 Å². The van der Waals surface area contributed by atoms with Crippen LogP contribution in [0.5, 0.6) is 5.75 Å². The fourth-order valence-electron chi connectivity index (χ4n) is 2.37. The number of hydrogen-bond acceptors (Lipinski definition) is 4. The second kappa shape index (κ2) is 4.94. The summed E-state index contributed by atoms with van der Waals surface area (Å²) in [7, 11) is 1.60. The van der Waals surface area contributed by atoms with Crippen molar-refractivity contribution in [3.63, 3.8) is 0 Å². The standard InChI is InChI=1S/C13H19NO3/c1-9(15)13-11(4-3-5-12(13)17-2)14-7-6-10(16)8-14/h3-5,9-10,15-16H,6-8H2,1-2H3/t9-,10?/m1/s1. The number of nitrogens with zero attached hydrogens (tertiary/aromatic N) is 1. The molecule has 1 aliphatic heterocycles. The summed E-state index contributed by atoms with van der Waals surface area (Å²) in [6.07, 6.45) is -0.0850. The Kier molecular flexibility index (Phi) is 3.54. The Bertz CT molecular complexity index is 392. The summed E-state index contributed by atoms with van der Waals surface area (Å²) in [5.41, 5.74) is 1.75. The molecular formula is C13H19NO3. The van der Waals surface area contributed by atoms with Crippen molar-refractivity contribution in [2.45, 2.75) is 25.6 Å². The van der Waals surface area contributed by atoms with Gasteiger partial charge >= 0.3 is 0 Å². The van der Waals surface area contributed by atoms with Crippen molar-refractivity contribution in [2.75, 3.05) is 25.1 Å². The zero-order valence-electron chi connectivity index (χ0n) is 10.3. The lowest BCUT2D eigenvalue weighted by molar-refractivity contribution is 0.193. The van der Waals surface area contributed by atoms with Gasteiger partial charge in [0.25, 0.3) is 0 Å². The fourth-order valence-corrected chi connectivity index (χ4v) is 2.37. The van der Waals surface area contributed by atoms with Crippen LogP contribution in [0.25, 0.3) is 0 Å². The lowest BCUT2D eigenvalue weighted by Gasteiger charge is -2.24. The topological polar surface area (TPSA) is 52.9 Å². The number of β-amino-alcohol motifs (C(OH)–C–C–N with tert-alkyl or cyclic N) is 1. The van der Waals surface area contributed by atoms with Crippen LogP contribution >= 0.6 is 0 Å². The van der Waals surface area contributed by atoms with Crippen molar-refractivity contribution in [3.8, 4) is 5.75 Å². The van der Waals surface area contributed by atoms with Gasteiger partial charge in [-0.3, -0.25) is 0 Å². The van der Waals surface area contributed by atoms with Crippen molar-refractivity contribution in [1.82, 2.24) is 0 Å². The highest BCUT2D eigenvalue weighted by Crippen LogP contribution is 2.35. The summed E-state index contributed by atoms with van der Waals surface area (Å²) < 4.78 is 5.28. The van der Waals surface area contributed by atoms with E-state index >= 15 is 0 Å². The Hall–Kier alpha value is -1.26. The van der Waals surface area contributed by atoms with Gasteiger partial charge in [-0.1, -0.05) is 6.07 Å². The number of methoxy groups -OCH3 is 1. The summed E-state index contributed by atoms with van der Waals surface area (Å²) in [5, 5.41) is 19.5. The van der Waals surface area contributed by atoms with E-state index in [-0.39, 0.29) is 6.10 Å². The zero-order chi connectivity index (χ0) is 12.4. The summed E-state index contributed by atoms with van der Waals surface area (Å²) in [6, 6.07) is 5.71. The Balaban J connectivity index is 2.39. The van der Waals surface area contributed by atoms with Gasteiger partial charge in [0.2, 0.25) is 0 Å². The Morgan fingerprint density at radius 2 is 2.24 bits per heavy atom. The predicted octanol–water partition coefficient (Wildman–Crippen LogP) is 1.32. The molecule has 1 aromatic carbocycles. The first-order chi connectivity index (χ1) is 8.13. The number of rotatable bonds is 3. The maximum atomic E-state index is 9.87. The molecular weight excluding hydrogens is 218 g/mol. The molecule has 1 heterocycles. The van der Waals surface area contributed by atoms with Gasteiger partial charge in [-0.15, -0.1) is 0 Å². The predicted molar refractivity (Wildman–Crippen MR) is 66.5 cm³/mol. The van der Waals surface area contributed by atoms with Crippen molar-refractivity contribution < 1.29 is 14.9 Å². The SMILES string of the molecule is COc1cccc(N2CCC(O)C2)c1[C@@H](C)O. The van der Waals surface area contributed by atoms with Crippen LogP contribution in [0.15, 0.2) is 18.2 Å². The minimum absolute atomic E-state index is 0.275. The van der Waals surface area contributed by atoms with Gasteiger partial charge in [0.1, 0.15) is 5.75 Å². The monoisotopic (exact) mass is 237 g/mol. The third-order valence-electron chi connectivity index (χ3n) is 3.18. The third-order valence-corrected chi connectivity index (χ3v) is 3.18. The van der Waals surface area contributed by atoms with E-state index in [2.05, 4.69) is 4.90 Å². The average Bonchev–Trinajstić information content (AvgIpc) is 2.74. The molecule has 1 saturated heterocycles. The van der Waals surface area contributed by atoms with E-state index in [1.54, 1.807) is 14.0 Å². The summed E-state index contributed by atoms with van der Waals surface area (Å²) in [6.45, 7) is 3.16. The van der Waals surface area contributed by atoms with Crippen molar-refractivity contribution in [3.05, 3.63) is 23.8 Å². The van der Waals surface area contributed by atoms with Crippen LogP contribution in [0.3, 0.4) is 0 Å². The number of aliphatic hydroxyl groups excluding tert-OH is 2. The minimum Gasteiger partial charge on any atom is -0.496 e. The van der Waals surface area contributed by atoms with Crippen LogP contribution in [0.4, 0.5) is 5.69 Å². The van der Waals surface area contributed by atoms with Crippen molar-refractivity contribution >= 4 is 5.69 Å². The minimum atomic E-state index is -0.584. The summed E-state index contributed by atoms with van der Waals surface area (Å²) in [5.74, 6) is 0.693. The molecule has 94 valence electrons. The molecule has 1 aliphatic rings. The lowest BCUT2D eigenvalue weighted by atomic mass is 10.1. The molecule has 0 amide bonds. The van der Waals surface area contributed by atoms with Gasteiger partial charge in [-0.25, -0.2) is 0 Å². The maximum absolute atomic E-state index is 9.87. The Morgan fingerprint density at radius 3 is 2.76 bits per heavy atom. The molecule has 4 nitrogen and oxygen atoms in total. The Labute approximate surface area is 101 Å². The highest BCUT2D eigenvalue weighted by molar-refractivity contribution is 5.61. The molecule has 2 atom stereocenters. The van der Waals surface area contributed by atoms with E-state index in [4.69, 9.17) is 4.74 Å². The van der Waals surface area contributed by atoms with Crippen LogP contribution in [0.2, 0.25) is 0 Å². The van der Waals surface area contributed by atoms with Gasteiger partial charge in [0, 0.05) is 24.3 Å². The number of benzene rings is 1. The summed E-state index contributed by atoms with van der Waals surface area (Å²) in [4.78, 5) is 2.09. The number of hydrogen-bond donors (Lipinski definition) is 2. The first kappa shape index (κ1) is 12.2. The first-order valence-corrected chi connectivity index (χ1v) is 5.91. The number of aliphatic hydroxyl groups is 2. The lowest BCUT2D eigenvalue weighted by Crippen LogP contribution is -2.23. The molecule has 1 fully saturated rings. The quantitative estimate of drug-likeness (QED) is 0.832. The zero-order valence-corrected chi connectivity index (χ0v) is 10.3. The molecule has 2 N–H and O–H groups in total. The van der Waals surface area contributed by atoms with Crippen molar-refractivity contribution in [1.29, 1.82) is 0 Å². The average molecular weight is 237 g/mol. The molecule has 0 aromatic heterocycles. The van der Waals surface area contributed by atoms with Crippen LogP contribution < -0.4 is 9.64 Å². The van der Waals surface area contributed by atoms with E-state index in [0.29, 0.717) is 12.3 Å². The van der Waals surface area contributed by atoms with Gasteiger partial charge in [0.05, 0.1) is 19.3 Å². The van der Waals surface area contributed by atoms with Crippen LogP contribution in [-0.4, -0.2) is 36.5 Å². The fraction of sp³-hybridized carbons (Fsp3) is 0.538. The molecule has 0 saturated carbocycles.